The van der Waals surface area contributed by atoms with Crippen molar-refractivity contribution < 1.29 is 4.39 Å². The van der Waals surface area contributed by atoms with Gasteiger partial charge in [0, 0.05) is 0 Å². The lowest BCUT2D eigenvalue weighted by atomic mass is 10.6. The Morgan fingerprint density at radius 2 is 2.00 bits per heavy atom. The summed E-state index contributed by atoms with van der Waals surface area (Å²) in [6, 6.07) is 0. The van der Waals surface area contributed by atoms with E-state index in [1.165, 1.54) is 13.0 Å². The smallest absolute Gasteiger partial charge is 0.0926 e. The third-order valence-electron chi connectivity index (χ3n) is 0.398. The lowest BCUT2D eigenvalue weighted by Crippen LogP contribution is -1.48. The number of hydrogen-bond acceptors (Lipinski definition) is 0. The molecule has 0 radical (unpaired) electrons. The van der Waals surface area contributed by atoms with Crippen LogP contribution in [0.1, 0.15) is 13.8 Å². The first-order valence-corrected chi connectivity index (χ1v) is 1.56. The summed E-state index contributed by atoms with van der Waals surface area (Å²) in [7, 11) is 0. The fourth-order valence-corrected chi connectivity index (χ4v) is 0. The zero-order chi connectivity index (χ0) is 4.28. The first-order valence-electron chi connectivity index (χ1n) is 1.56. The van der Waals surface area contributed by atoms with E-state index in [2.05, 4.69) is 0 Å². The van der Waals surface area contributed by atoms with Gasteiger partial charge in [-0.25, -0.2) is 4.39 Å². The highest BCUT2D eigenvalue weighted by Crippen LogP contribution is 1.87. The lowest BCUT2D eigenvalue weighted by Gasteiger charge is -1.68. The van der Waals surface area contributed by atoms with Gasteiger partial charge < -0.3 is 0 Å². The zero-order valence-corrected chi connectivity index (χ0v) is 3.46. The molecule has 0 heterocycles. The quantitative estimate of drug-likeness (QED) is 0.411. The molecular weight excluding hydrogens is 67.0 g/mol. The van der Waals surface area contributed by atoms with Crippen molar-refractivity contribution in [2.45, 2.75) is 13.8 Å². The topological polar surface area (TPSA) is 0 Å². The van der Waals surface area contributed by atoms with E-state index in [1.54, 1.807) is 6.92 Å². The summed E-state index contributed by atoms with van der Waals surface area (Å²) in [6.07, 6.45) is 1.42. The van der Waals surface area contributed by atoms with Crippen LogP contribution in [0, 0.1) is 0 Å². The molecule has 0 nitrogen and oxygen atoms in total. The molecule has 0 aliphatic rings. The lowest BCUT2D eigenvalue weighted by molar-refractivity contribution is 0.638. The Morgan fingerprint density at radius 3 is 2.00 bits per heavy atom. The maximum atomic E-state index is 11.3. The van der Waals surface area contributed by atoms with Crippen LogP contribution in [0.3, 0.4) is 0 Å². The third kappa shape index (κ3) is 3.67. The van der Waals surface area contributed by atoms with Gasteiger partial charge in [-0.3, -0.25) is 0 Å². The first-order chi connectivity index (χ1) is 2.27. The predicted octanol–water partition coefficient (Wildman–Crippen LogP) is 1.88. The van der Waals surface area contributed by atoms with Crippen LogP contribution < -0.4 is 0 Å². The Kier molecular flexibility index (Phi) is 1.81. The van der Waals surface area contributed by atoms with Crippen molar-refractivity contribution in [1.82, 2.24) is 0 Å². The van der Waals surface area contributed by atoms with Crippen LogP contribution in [-0.4, -0.2) is 0 Å². The molecule has 30 valence electrons. The Hall–Kier alpha value is -0.330. The summed E-state index contributed by atoms with van der Waals surface area (Å²) in [5, 5.41) is 0. The summed E-state index contributed by atoms with van der Waals surface area (Å²) in [6.45, 7) is 3.08. The van der Waals surface area contributed by atoms with Crippen molar-refractivity contribution in [3.63, 3.8) is 0 Å². The highest BCUT2D eigenvalue weighted by atomic mass is 19.1. The molecule has 0 aliphatic carbocycles. The fraction of sp³-hybridized carbons (Fsp3) is 0.500. The van der Waals surface area contributed by atoms with Crippen LogP contribution in [0.15, 0.2) is 11.9 Å². The maximum Gasteiger partial charge on any atom is 0.0926 e. The van der Waals surface area contributed by atoms with Gasteiger partial charge in [-0.05, 0) is 13.8 Å². The van der Waals surface area contributed by atoms with Gasteiger partial charge in [-0.15, -0.1) is 0 Å². The molecule has 0 rings (SSSR count). The summed E-state index contributed by atoms with van der Waals surface area (Å²) in [5.74, 6) is -0.120. The molecule has 0 saturated carbocycles. The summed E-state index contributed by atoms with van der Waals surface area (Å²) < 4.78 is 11.3. The van der Waals surface area contributed by atoms with Crippen LogP contribution in [0.5, 0.6) is 0 Å². The van der Waals surface area contributed by atoms with E-state index >= 15 is 0 Å². The van der Waals surface area contributed by atoms with Crippen molar-refractivity contribution in [2.24, 2.45) is 0 Å². The normalized spacial score (nSPS) is 12.2. The molecule has 0 spiro atoms. The minimum atomic E-state index is -0.120. The average Bonchev–Trinajstić information content (AvgIpc) is 1.38. The Morgan fingerprint density at radius 1 is 1.80 bits per heavy atom. The van der Waals surface area contributed by atoms with Gasteiger partial charge >= 0.3 is 0 Å². The molecule has 5 heavy (non-hydrogen) atoms. The molecular formula is C4H7F. The third-order valence-corrected chi connectivity index (χ3v) is 0.398. The molecule has 0 N–H and O–H groups in total. The van der Waals surface area contributed by atoms with Crippen molar-refractivity contribution >= 4 is 0 Å². The van der Waals surface area contributed by atoms with Gasteiger partial charge in [0.15, 0.2) is 0 Å². The maximum absolute atomic E-state index is 11.3. The van der Waals surface area contributed by atoms with Crippen LogP contribution in [0.4, 0.5) is 4.39 Å². The number of allylic oxidation sites excluding steroid dienone is 2. The molecule has 0 unspecified atom stereocenters. The summed E-state index contributed by atoms with van der Waals surface area (Å²) >= 11 is 0. The van der Waals surface area contributed by atoms with Gasteiger partial charge in [0.1, 0.15) is 0 Å². The second-order valence-corrected chi connectivity index (χ2v) is 0.875. The molecule has 0 saturated heterocycles. The number of hydrogen-bond donors (Lipinski definition) is 0. The monoisotopic (exact) mass is 74.1 g/mol. The van der Waals surface area contributed by atoms with E-state index in [9.17, 15) is 4.39 Å². The molecule has 0 fully saturated rings. The first kappa shape index (κ1) is 4.67. The molecule has 0 aliphatic heterocycles. The Bertz CT molecular complexity index is 41.6. The SMILES string of the molecule is C/C=C(\C)F. The van der Waals surface area contributed by atoms with E-state index in [0.717, 1.165) is 0 Å². The van der Waals surface area contributed by atoms with Crippen molar-refractivity contribution in [3.8, 4) is 0 Å². The predicted molar refractivity (Wildman–Crippen MR) is 20.5 cm³/mol. The largest absolute Gasteiger partial charge is 0.213 e. The second kappa shape index (κ2) is 1.94. The van der Waals surface area contributed by atoms with Gasteiger partial charge in [0.2, 0.25) is 0 Å². The minimum Gasteiger partial charge on any atom is -0.213 e. The van der Waals surface area contributed by atoms with Crippen LogP contribution in [0.25, 0.3) is 0 Å². The van der Waals surface area contributed by atoms with E-state index in [0.29, 0.717) is 0 Å². The Labute approximate surface area is 31.3 Å². The second-order valence-electron chi connectivity index (χ2n) is 0.875. The van der Waals surface area contributed by atoms with E-state index in [-0.39, 0.29) is 5.83 Å². The van der Waals surface area contributed by atoms with Gasteiger partial charge in [-0.2, -0.15) is 0 Å². The average molecular weight is 74.1 g/mol. The fourth-order valence-electron chi connectivity index (χ4n) is 0. The van der Waals surface area contributed by atoms with Crippen LogP contribution in [-0.2, 0) is 0 Å². The highest BCUT2D eigenvalue weighted by molar-refractivity contribution is 4.80. The van der Waals surface area contributed by atoms with E-state index in [4.69, 9.17) is 0 Å². The summed E-state index contributed by atoms with van der Waals surface area (Å²) in [4.78, 5) is 0. The van der Waals surface area contributed by atoms with Gasteiger partial charge in [0.05, 0.1) is 5.83 Å². The molecule has 0 amide bonds. The molecule has 0 aromatic rings. The molecule has 0 bridgehead atoms. The standard InChI is InChI=1S/C4H7F/c1-3-4(2)5/h3H,1-2H3/b4-3+. The van der Waals surface area contributed by atoms with E-state index < -0.39 is 0 Å². The van der Waals surface area contributed by atoms with Crippen molar-refractivity contribution in [3.05, 3.63) is 11.9 Å². The molecule has 0 atom stereocenters. The van der Waals surface area contributed by atoms with E-state index in [1.807, 2.05) is 0 Å². The van der Waals surface area contributed by atoms with Gasteiger partial charge in [0.25, 0.3) is 0 Å². The zero-order valence-electron chi connectivity index (χ0n) is 3.46. The number of halogens is 1. The van der Waals surface area contributed by atoms with Crippen molar-refractivity contribution in [2.75, 3.05) is 0 Å². The van der Waals surface area contributed by atoms with Crippen LogP contribution >= 0.6 is 0 Å². The minimum absolute atomic E-state index is 0.120. The Balaban J connectivity index is 3.14. The van der Waals surface area contributed by atoms with Crippen molar-refractivity contribution in [1.29, 1.82) is 0 Å². The molecule has 1 heteroatoms. The molecule has 0 aromatic carbocycles. The number of rotatable bonds is 0. The highest BCUT2D eigenvalue weighted by Gasteiger charge is 1.66. The summed E-state index contributed by atoms with van der Waals surface area (Å²) in [5.41, 5.74) is 0. The van der Waals surface area contributed by atoms with Gasteiger partial charge in [-0.1, -0.05) is 6.08 Å². The molecule has 0 aromatic heterocycles. The van der Waals surface area contributed by atoms with Crippen LogP contribution in [0.2, 0.25) is 0 Å².